The number of carbonyl (C=O) groups is 2. The summed E-state index contributed by atoms with van der Waals surface area (Å²) in [7, 11) is -2.19. The molecule has 6 heteroatoms. The zero-order chi connectivity index (χ0) is 23.2. The average molecular weight is 434 g/mol. The average Bonchev–Trinajstić information content (AvgIpc) is 2.59. The first-order valence-corrected chi connectivity index (χ1v) is 13.4. The predicted octanol–water partition coefficient (Wildman–Crippen LogP) is 5.96. The van der Waals surface area contributed by atoms with Gasteiger partial charge in [0.05, 0.1) is 6.10 Å². The molecule has 0 aliphatic heterocycles. The first-order chi connectivity index (χ1) is 13.7. The van der Waals surface area contributed by atoms with E-state index in [0.717, 1.165) is 11.8 Å². The number of hydrogen-bond acceptors (Lipinski definition) is 4. The first-order valence-electron chi connectivity index (χ1n) is 10.5. The second-order valence-electron chi connectivity index (χ2n) is 10.2. The van der Waals surface area contributed by atoms with E-state index in [9.17, 15) is 9.59 Å². The third kappa shape index (κ3) is 7.72. The monoisotopic (exact) mass is 433 g/mol. The molecule has 0 aromatic heterocycles. The zero-order valence-corrected chi connectivity index (χ0v) is 20.9. The first kappa shape index (κ1) is 26.1. The van der Waals surface area contributed by atoms with Gasteiger partial charge in [-0.3, -0.25) is 4.90 Å². The van der Waals surface area contributed by atoms with E-state index in [2.05, 4.69) is 40.4 Å². The largest absolute Gasteiger partial charge is 0.444 e. The highest BCUT2D eigenvalue weighted by Crippen LogP contribution is 2.38. The number of rotatable bonds is 9. The summed E-state index contributed by atoms with van der Waals surface area (Å²) in [5.74, 6) is 0. The van der Waals surface area contributed by atoms with Gasteiger partial charge in [0.15, 0.2) is 8.32 Å². The Bertz CT molecular complexity index is 704. The number of carbonyl (C=O) groups excluding carboxylic acids is 2. The van der Waals surface area contributed by atoms with Gasteiger partial charge in [-0.1, -0.05) is 57.2 Å². The Balaban J connectivity index is 3.33. The molecule has 0 radical (unpaired) electrons. The lowest BCUT2D eigenvalue weighted by Crippen LogP contribution is -2.54. The van der Waals surface area contributed by atoms with Crippen molar-refractivity contribution in [3.8, 4) is 0 Å². The molecular weight excluding hydrogens is 394 g/mol. The van der Waals surface area contributed by atoms with Crippen LogP contribution < -0.4 is 0 Å². The van der Waals surface area contributed by atoms with Gasteiger partial charge in [-0.05, 0) is 50.9 Å². The van der Waals surface area contributed by atoms with Crippen LogP contribution in [0.4, 0.5) is 4.79 Å². The van der Waals surface area contributed by atoms with Crippen LogP contribution in [-0.4, -0.2) is 43.3 Å². The van der Waals surface area contributed by atoms with Crippen molar-refractivity contribution in [1.82, 2.24) is 4.90 Å². The van der Waals surface area contributed by atoms with E-state index in [-0.39, 0.29) is 11.6 Å². The maximum Gasteiger partial charge on any atom is 0.411 e. The van der Waals surface area contributed by atoms with Crippen molar-refractivity contribution in [1.29, 1.82) is 0 Å². The van der Waals surface area contributed by atoms with Crippen molar-refractivity contribution < 1.29 is 18.8 Å². The lowest BCUT2D eigenvalue weighted by atomic mass is 10.1. The van der Waals surface area contributed by atoms with Crippen LogP contribution in [-0.2, 0) is 20.5 Å². The van der Waals surface area contributed by atoms with Crippen LogP contribution in [0.25, 0.3) is 0 Å². The summed E-state index contributed by atoms with van der Waals surface area (Å²) in [6, 6.07) is 8.80. The smallest absolute Gasteiger partial charge is 0.411 e. The van der Waals surface area contributed by atoms with Gasteiger partial charge in [0.2, 0.25) is 0 Å². The highest BCUT2D eigenvalue weighted by molar-refractivity contribution is 6.74. The van der Waals surface area contributed by atoms with Gasteiger partial charge in [-0.15, -0.1) is 6.58 Å². The quantitative estimate of drug-likeness (QED) is 0.274. The molecule has 1 aromatic carbocycles. The van der Waals surface area contributed by atoms with Crippen molar-refractivity contribution in [3.05, 3.63) is 48.6 Å². The van der Waals surface area contributed by atoms with Crippen molar-refractivity contribution in [2.75, 3.05) is 0 Å². The molecule has 0 unspecified atom stereocenters. The van der Waals surface area contributed by atoms with Crippen LogP contribution in [0.1, 0.15) is 53.5 Å². The fraction of sp³-hybridized carbons (Fsp3) is 0.583. The molecule has 30 heavy (non-hydrogen) atoms. The third-order valence-corrected chi connectivity index (χ3v) is 9.86. The highest BCUT2D eigenvalue weighted by atomic mass is 28.4. The summed E-state index contributed by atoms with van der Waals surface area (Å²) in [4.78, 5) is 26.9. The molecule has 1 rings (SSSR count). The maximum absolute atomic E-state index is 13.1. The van der Waals surface area contributed by atoms with E-state index in [4.69, 9.17) is 9.16 Å². The summed E-state index contributed by atoms with van der Waals surface area (Å²) in [5.41, 5.74) is 0.244. The molecule has 0 bridgehead atoms. The summed E-state index contributed by atoms with van der Waals surface area (Å²) >= 11 is 0. The molecule has 168 valence electrons. The SMILES string of the molecule is C=CC[C@H](O[Si](C)(C)C(C)(C)C)[C@@H](C=O)N(Cc1ccccc1)C(=O)OC(C)(C)C. The number of amides is 1. The van der Waals surface area contributed by atoms with Crippen molar-refractivity contribution in [2.24, 2.45) is 0 Å². The normalized spacial score (nSPS) is 14.5. The Morgan fingerprint density at radius 1 is 1.13 bits per heavy atom. The lowest BCUT2D eigenvalue weighted by molar-refractivity contribution is -0.116. The second kappa shape index (κ2) is 10.4. The van der Waals surface area contributed by atoms with Crippen molar-refractivity contribution in [3.63, 3.8) is 0 Å². The fourth-order valence-corrected chi connectivity index (χ4v) is 4.08. The Morgan fingerprint density at radius 2 is 1.70 bits per heavy atom. The Kier molecular flexibility index (Phi) is 9.05. The molecule has 5 nitrogen and oxygen atoms in total. The fourth-order valence-electron chi connectivity index (χ4n) is 2.73. The molecule has 0 fully saturated rings. The summed E-state index contributed by atoms with van der Waals surface area (Å²) in [6.45, 7) is 20.3. The van der Waals surface area contributed by atoms with Gasteiger partial charge < -0.3 is 14.0 Å². The molecule has 0 aliphatic carbocycles. The summed E-state index contributed by atoms with van der Waals surface area (Å²) in [6.07, 6.45) is 1.98. The van der Waals surface area contributed by atoms with Crippen LogP contribution in [0.15, 0.2) is 43.0 Å². The predicted molar refractivity (Wildman–Crippen MR) is 125 cm³/mol. The minimum absolute atomic E-state index is 0.0317. The lowest BCUT2D eigenvalue weighted by Gasteiger charge is -2.42. The number of nitrogens with zero attached hydrogens (tertiary/aromatic N) is 1. The third-order valence-electron chi connectivity index (χ3n) is 5.36. The molecule has 0 saturated heterocycles. The van der Waals surface area contributed by atoms with Crippen LogP contribution in [0.5, 0.6) is 0 Å². The Morgan fingerprint density at radius 3 is 2.13 bits per heavy atom. The summed E-state index contributed by atoms with van der Waals surface area (Å²) < 4.78 is 12.2. The van der Waals surface area contributed by atoms with E-state index in [1.54, 1.807) is 6.08 Å². The number of hydrogen-bond donors (Lipinski definition) is 0. The van der Waals surface area contributed by atoms with Gasteiger partial charge in [0.1, 0.15) is 17.9 Å². The summed E-state index contributed by atoms with van der Waals surface area (Å²) in [5, 5.41) is -0.0317. The molecule has 1 aromatic rings. The van der Waals surface area contributed by atoms with Gasteiger partial charge in [0, 0.05) is 6.54 Å². The van der Waals surface area contributed by atoms with Crippen LogP contribution in [0, 0.1) is 0 Å². The number of benzene rings is 1. The maximum atomic E-state index is 13.1. The molecular formula is C24H39NO4Si. The topological polar surface area (TPSA) is 55.8 Å². The van der Waals surface area contributed by atoms with Gasteiger partial charge in [-0.2, -0.15) is 0 Å². The van der Waals surface area contributed by atoms with Crippen LogP contribution >= 0.6 is 0 Å². The molecule has 0 spiro atoms. The number of aldehydes is 1. The highest BCUT2D eigenvalue weighted by Gasteiger charge is 2.42. The van der Waals surface area contributed by atoms with E-state index < -0.39 is 32.2 Å². The second-order valence-corrected chi connectivity index (χ2v) is 14.9. The van der Waals surface area contributed by atoms with Gasteiger partial charge in [-0.25, -0.2) is 4.79 Å². The van der Waals surface area contributed by atoms with Crippen molar-refractivity contribution >= 4 is 20.7 Å². The molecule has 0 aliphatic rings. The van der Waals surface area contributed by atoms with Gasteiger partial charge >= 0.3 is 6.09 Å². The Labute approximate surface area is 183 Å². The van der Waals surface area contributed by atoms with E-state index in [1.165, 1.54) is 4.90 Å². The van der Waals surface area contributed by atoms with Gasteiger partial charge in [0.25, 0.3) is 0 Å². The zero-order valence-electron chi connectivity index (χ0n) is 19.9. The van der Waals surface area contributed by atoms with E-state index in [0.29, 0.717) is 6.42 Å². The van der Waals surface area contributed by atoms with E-state index in [1.807, 2.05) is 51.1 Å². The minimum atomic E-state index is -2.19. The standard InChI is InChI=1S/C24H39NO4Si/c1-10-14-21(29-30(8,9)24(5,6)7)20(18-26)25(22(27)28-23(2,3)4)17-19-15-12-11-13-16-19/h10-13,15-16,18,20-21H,1,14,17H2,2-9H3/t20-,21+/m1/s1. The minimum Gasteiger partial charge on any atom is -0.444 e. The molecule has 0 heterocycles. The Hall–Kier alpha value is -1.92. The van der Waals surface area contributed by atoms with E-state index >= 15 is 0 Å². The molecule has 0 saturated carbocycles. The molecule has 0 N–H and O–H groups in total. The number of ether oxygens (including phenoxy) is 1. The van der Waals surface area contributed by atoms with Crippen LogP contribution in [0.2, 0.25) is 18.1 Å². The van der Waals surface area contributed by atoms with Crippen molar-refractivity contribution in [2.45, 2.75) is 90.4 Å². The molecule has 1 amide bonds. The van der Waals surface area contributed by atoms with Crippen LogP contribution in [0.3, 0.4) is 0 Å². The molecule has 2 atom stereocenters.